The van der Waals surface area contributed by atoms with Crippen molar-refractivity contribution in [3.05, 3.63) is 40.1 Å². The molecule has 2 aromatic rings. The highest BCUT2D eigenvalue weighted by Crippen LogP contribution is 2.62. The number of hydrogen-bond donors (Lipinski definition) is 2. The van der Waals surface area contributed by atoms with Crippen LogP contribution in [0.2, 0.25) is 0 Å². The third-order valence-electron chi connectivity index (χ3n) is 6.30. The smallest absolute Gasteiger partial charge is 0.379 e. The highest BCUT2D eigenvalue weighted by Gasteiger charge is 2.74. The van der Waals surface area contributed by atoms with Crippen LogP contribution in [0, 0.1) is 0 Å². The van der Waals surface area contributed by atoms with Crippen molar-refractivity contribution in [1.82, 2.24) is 25.1 Å². The molecule has 2 aliphatic rings. The van der Waals surface area contributed by atoms with E-state index in [1.165, 1.54) is 0 Å². The molecule has 2 atom stereocenters. The van der Waals surface area contributed by atoms with Gasteiger partial charge in [-0.2, -0.15) is 18.3 Å². The second-order valence-corrected chi connectivity index (χ2v) is 9.18. The van der Waals surface area contributed by atoms with Gasteiger partial charge in [-0.1, -0.05) is 0 Å². The first-order valence-corrected chi connectivity index (χ1v) is 11.7. The van der Waals surface area contributed by atoms with Crippen LogP contribution < -0.4 is 15.8 Å². The Morgan fingerprint density at radius 2 is 1.79 bits per heavy atom. The average molecular weight is 549 g/mol. The van der Waals surface area contributed by atoms with Gasteiger partial charge in [-0.15, -0.1) is 0 Å². The molecule has 10 nitrogen and oxygen atoms in total. The number of rotatable bonds is 9. The zero-order valence-electron chi connectivity index (χ0n) is 20.2. The number of alkyl halides is 6. The minimum absolute atomic E-state index is 0.0232. The van der Waals surface area contributed by atoms with E-state index in [2.05, 4.69) is 20.4 Å². The van der Waals surface area contributed by atoms with Gasteiger partial charge in [-0.25, -0.2) is 28.2 Å². The van der Waals surface area contributed by atoms with E-state index in [1.807, 2.05) is 0 Å². The number of aromatic amines is 1. The van der Waals surface area contributed by atoms with Crippen LogP contribution >= 0.6 is 0 Å². The Kier molecular flexibility index (Phi) is 7.54. The lowest BCUT2D eigenvalue weighted by Crippen LogP contribution is -2.49. The van der Waals surface area contributed by atoms with E-state index in [1.54, 1.807) is 21.8 Å². The van der Waals surface area contributed by atoms with Crippen LogP contribution in [0.3, 0.4) is 0 Å². The minimum Gasteiger partial charge on any atom is -0.379 e. The van der Waals surface area contributed by atoms with E-state index < -0.39 is 47.0 Å². The predicted octanol–water partition coefficient (Wildman–Crippen LogP) is 2.34. The summed E-state index contributed by atoms with van der Waals surface area (Å²) in [4.78, 5) is 35.4. The van der Waals surface area contributed by atoms with Crippen LogP contribution in [-0.4, -0.2) is 82.3 Å². The number of carbonyl (C=O) groups is 1. The standard InChI is InChI=1S/C22H25F6N7O3/c1-13(32-15-10-31-33-18(37)17(15)22(26,27)28)11-38-7-2-16(36)34-3-5-35(6-4-34)19-29-8-14(9-30-19)20(23)12-21(20,24)25/h8-10,13H,2-7,11-12H2,1H3,(H2,32,33,37)/t13?,20-/m1/s1. The molecule has 0 radical (unpaired) electrons. The Morgan fingerprint density at radius 1 is 1.16 bits per heavy atom. The van der Waals surface area contributed by atoms with Crippen molar-refractivity contribution < 1.29 is 35.9 Å². The molecule has 2 fully saturated rings. The molecule has 1 saturated heterocycles. The minimum atomic E-state index is -4.86. The molecular weight excluding hydrogens is 524 g/mol. The van der Waals surface area contributed by atoms with Gasteiger partial charge < -0.3 is 19.9 Å². The topological polar surface area (TPSA) is 116 Å². The van der Waals surface area contributed by atoms with E-state index in [9.17, 15) is 35.9 Å². The highest BCUT2D eigenvalue weighted by atomic mass is 19.4. The first-order chi connectivity index (χ1) is 17.8. The normalized spacial score (nSPS) is 21.8. The fourth-order valence-corrected chi connectivity index (χ4v) is 4.09. The van der Waals surface area contributed by atoms with Crippen LogP contribution in [0.15, 0.2) is 23.4 Å². The summed E-state index contributed by atoms with van der Waals surface area (Å²) in [6.45, 7) is 3.03. The molecule has 4 rings (SSSR count). The van der Waals surface area contributed by atoms with Crippen molar-refractivity contribution in [2.75, 3.05) is 49.6 Å². The zero-order chi connectivity index (χ0) is 27.7. The van der Waals surface area contributed by atoms with Gasteiger partial charge in [0, 0.05) is 50.2 Å². The molecule has 1 aliphatic carbocycles. The van der Waals surface area contributed by atoms with E-state index in [0.717, 1.165) is 18.6 Å². The van der Waals surface area contributed by atoms with Gasteiger partial charge in [0.2, 0.25) is 17.5 Å². The molecule has 1 aliphatic heterocycles. The van der Waals surface area contributed by atoms with Gasteiger partial charge >= 0.3 is 6.18 Å². The number of halogens is 6. The monoisotopic (exact) mass is 549 g/mol. The number of carbonyl (C=O) groups excluding carboxylic acids is 1. The summed E-state index contributed by atoms with van der Waals surface area (Å²) in [6, 6.07) is -0.608. The SMILES string of the molecule is CC(COCCC(=O)N1CCN(c2ncc([C@]3(F)CC3(F)F)cn2)CC1)Nc1cn[nH]c(=O)c1C(F)(F)F. The Morgan fingerprint density at radius 3 is 2.37 bits per heavy atom. The number of nitrogens with zero attached hydrogens (tertiary/aromatic N) is 5. The number of aromatic nitrogens is 4. The zero-order valence-corrected chi connectivity index (χ0v) is 20.2. The number of piperazine rings is 1. The van der Waals surface area contributed by atoms with Crippen molar-refractivity contribution in [3.63, 3.8) is 0 Å². The maximum absolute atomic E-state index is 14.1. The summed E-state index contributed by atoms with van der Waals surface area (Å²) in [5.41, 5.74) is -6.19. The van der Waals surface area contributed by atoms with Crippen molar-refractivity contribution in [1.29, 1.82) is 0 Å². The molecule has 0 aromatic carbocycles. The van der Waals surface area contributed by atoms with Gasteiger partial charge in [-0.3, -0.25) is 9.59 Å². The highest BCUT2D eigenvalue weighted by molar-refractivity contribution is 5.76. The second kappa shape index (κ2) is 10.4. The molecule has 38 heavy (non-hydrogen) atoms. The molecule has 1 saturated carbocycles. The molecule has 3 heterocycles. The van der Waals surface area contributed by atoms with E-state index in [0.29, 0.717) is 26.2 Å². The first-order valence-electron chi connectivity index (χ1n) is 11.7. The largest absolute Gasteiger partial charge is 0.423 e. The third kappa shape index (κ3) is 5.84. The second-order valence-electron chi connectivity index (χ2n) is 9.18. The van der Waals surface area contributed by atoms with Crippen LogP contribution in [0.4, 0.5) is 38.0 Å². The number of H-pyrrole nitrogens is 1. The van der Waals surface area contributed by atoms with Gasteiger partial charge in [0.15, 0.2) is 0 Å². The summed E-state index contributed by atoms with van der Waals surface area (Å²) in [6.07, 6.45) is -2.71. The van der Waals surface area contributed by atoms with E-state index in [4.69, 9.17) is 4.74 Å². The lowest BCUT2D eigenvalue weighted by atomic mass is 10.2. The average Bonchev–Trinajstić information content (AvgIpc) is 3.39. The Bertz CT molecular complexity index is 1200. The number of anilines is 2. The first kappa shape index (κ1) is 27.6. The van der Waals surface area contributed by atoms with Crippen LogP contribution in [0.5, 0.6) is 0 Å². The van der Waals surface area contributed by atoms with Gasteiger partial charge in [-0.05, 0) is 6.92 Å². The van der Waals surface area contributed by atoms with Gasteiger partial charge in [0.05, 0.1) is 37.9 Å². The molecule has 2 aromatic heterocycles. The third-order valence-corrected chi connectivity index (χ3v) is 6.30. The molecule has 1 unspecified atom stereocenters. The molecule has 1 amide bonds. The Labute approximate surface area is 212 Å². The fraction of sp³-hybridized carbons (Fsp3) is 0.591. The quantitative estimate of drug-likeness (QED) is 0.362. The van der Waals surface area contributed by atoms with Crippen molar-refractivity contribution in [2.45, 2.75) is 43.6 Å². The van der Waals surface area contributed by atoms with Crippen molar-refractivity contribution in [3.8, 4) is 0 Å². The van der Waals surface area contributed by atoms with Gasteiger partial charge in [0.25, 0.3) is 11.5 Å². The lowest BCUT2D eigenvalue weighted by Gasteiger charge is -2.34. The molecule has 0 bridgehead atoms. The lowest BCUT2D eigenvalue weighted by molar-refractivity contribution is -0.138. The summed E-state index contributed by atoms with van der Waals surface area (Å²) >= 11 is 0. The summed E-state index contributed by atoms with van der Waals surface area (Å²) in [5.74, 6) is -3.34. The van der Waals surface area contributed by atoms with Crippen LogP contribution in [0.1, 0.15) is 30.9 Å². The van der Waals surface area contributed by atoms with Crippen molar-refractivity contribution >= 4 is 17.5 Å². The maximum Gasteiger partial charge on any atom is 0.423 e. The maximum atomic E-state index is 14.1. The van der Waals surface area contributed by atoms with Crippen LogP contribution in [0.25, 0.3) is 0 Å². The number of ether oxygens (including phenoxy) is 1. The molecule has 208 valence electrons. The number of hydrogen-bond acceptors (Lipinski definition) is 8. The molecular formula is C22H25F6N7O3. The Hall–Kier alpha value is -3.43. The molecule has 2 N–H and O–H groups in total. The number of amides is 1. The number of nitrogens with one attached hydrogen (secondary N) is 2. The fourth-order valence-electron chi connectivity index (χ4n) is 4.09. The van der Waals surface area contributed by atoms with Gasteiger partial charge in [0.1, 0.15) is 5.56 Å². The van der Waals surface area contributed by atoms with E-state index in [-0.39, 0.29) is 37.1 Å². The molecule has 16 heteroatoms. The predicted molar refractivity (Wildman–Crippen MR) is 122 cm³/mol. The summed E-state index contributed by atoms with van der Waals surface area (Å²) in [5, 5.41) is 7.69. The summed E-state index contributed by atoms with van der Waals surface area (Å²) in [7, 11) is 0. The van der Waals surface area contributed by atoms with Crippen LogP contribution in [-0.2, 0) is 21.4 Å². The van der Waals surface area contributed by atoms with Crippen molar-refractivity contribution in [2.24, 2.45) is 0 Å². The van der Waals surface area contributed by atoms with E-state index >= 15 is 0 Å². The Balaban J connectivity index is 1.18. The summed E-state index contributed by atoms with van der Waals surface area (Å²) < 4.78 is 85.3. The molecule has 0 spiro atoms.